The first-order valence-corrected chi connectivity index (χ1v) is 7.04. The second-order valence-electron chi connectivity index (χ2n) is 4.67. The van der Waals surface area contributed by atoms with Gasteiger partial charge >= 0.3 is 6.18 Å². The van der Waals surface area contributed by atoms with Crippen LogP contribution in [0.25, 0.3) is 0 Å². The van der Waals surface area contributed by atoms with Crippen LogP contribution in [0.3, 0.4) is 0 Å². The molecular weight excluding hydrogens is 314 g/mol. The summed E-state index contributed by atoms with van der Waals surface area (Å²) in [7, 11) is 0. The highest BCUT2D eigenvalue weighted by molar-refractivity contribution is 6.35. The lowest BCUT2D eigenvalue weighted by molar-refractivity contribution is -0.135. The molecule has 1 aliphatic heterocycles. The van der Waals surface area contributed by atoms with E-state index >= 15 is 0 Å². The van der Waals surface area contributed by atoms with Gasteiger partial charge in [0, 0.05) is 29.5 Å². The monoisotopic (exact) mass is 327 g/mol. The van der Waals surface area contributed by atoms with Crippen molar-refractivity contribution in [3.05, 3.63) is 27.7 Å². The van der Waals surface area contributed by atoms with Gasteiger partial charge in [-0.15, -0.1) is 0 Å². The average Bonchev–Trinajstić information content (AvgIpc) is 2.34. The molecule has 1 unspecified atom stereocenters. The molecule has 1 heterocycles. The molecule has 0 saturated carbocycles. The Morgan fingerprint density at radius 1 is 1.30 bits per heavy atom. The molecule has 0 spiro atoms. The normalized spacial score (nSPS) is 18.6. The van der Waals surface area contributed by atoms with E-state index in [1.165, 1.54) is 0 Å². The van der Waals surface area contributed by atoms with Gasteiger partial charge in [-0.25, -0.2) is 0 Å². The van der Waals surface area contributed by atoms with E-state index in [1.54, 1.807) is 12.1 Å². The van der Waals surface area contributed by atoms with Gasteiger partial charge in [-0.1, -0.05) is 23.2 Å². The van der Waals surface area contributed by atoms with Gasteiger partial charge in [-0.3, -0.25) is 0 Å². The standard InChI is InChI=1S/C13H14Cl2F3NO/c14-8-6-9-11(19-4-1-3-13(16,17)18)2-5-20-12(9)10(15)7-8/h6-7,11,19H,1-5H2. The Kier molecular flexibility index (Phi) is 5.04. The van der Waals surface area contributed by atoms with Crippen molar-refractivity contribution in [1.29, 1.82) is 0 Å². The zero-order valence-corrected chi connectivity index (χ0v) is 12.1. The molecule has 1 aromatic rings. The van der Waals surface area contributed by atoms with Crippen molar-refractivity contribution < 1.29 is 17.9 Å². The first-order chi connectivity index (χ1) is 9.37. The molecule has 0 amide bonds. The fraction of sp³-hybridized carbons (Fsp3) is 0.538. The highest BCUT2D eigenvalue weighted by atomic mass is 35.5. The largest absolute Gasteiger partial charge is 0.492 e. The van der Waals surface area contributed by atoms with E-state index in [2.05, 4.69) is 5.32 Å². The molecule has 1 atom stereocenters. The summed E-state index contributed by atoms with van der Waals surface area (Å²) in [5, 5.41) is 4.02. The summed E-state index contributed by atoms with van der Waals surface area (Å²) >= 11 is 12.0. The topological polar surface area (TPSA) is 21.3 Å². The third kappa shape index (κ3) is 4.17. The summed E-state index contributed by atoms with van der Waals surface area (Å²) < 4.78 is 41.7. The molecule has 2 nitrogen and oxygen atoms in total. The van der Waals surface area contributed by atoms with Crippen molar-refractivity contribution in [3.63, 3.8) is 0 Å². The van der Waals surface area contributed by atoms with Crippen LogP contribution in [-0.4, -0.2) is 19.3 Å². The molecule has 2 rings (SSSR count). The Labute approximate surface area is 125 Å². The maximum atomic E-state index is 12.1. The van der Waals surface area contributed by atoms with Crippen LogP contribution in [0.1, 0.15) is 30.9 Å². The van der Waals surface area contributed by atoms with Crippen LogP contribution < -0.4 is 10.1 Å². The first-order valence-electron chi connectivity index (χ1n) is 6.29. The predicted molar refractivity (Wildman–Crippen MR) is 72.6 cm³/mol. The number of fused-ring (bicyclic) bond motifs is 1. The van der Waals surface area contributed by atoms with Crippen molar-refractivity contribution in [2.45, 2.75) is 31.5 Å². The molecule has 20 heavy (non-hydrogen) atoms. The minimum atomic E-state index is -4.11. The molecule has 1 N–H and O–H groups in total. The summed E-state index contributed by atoms with van der Waals surface area (Å²) in [6.45, 7) is 0.763. The van der Waals surface area contributed by atoms with Crippen molar-refractivity contribution in [3.8, 4) is 5.75 Å². The van der Waals surface area contributed by atoms with E-state index in [0.29, 0.717) is 28.8 Å². The third-order valence-electron chi connectivity index (χ3n) is 3.09. The van der Waals surface area contributed by atoms with Gasteiger partial charge in [0.15, 0.2) is 0 Å². The SMILES string of the molecule is FC(F)(F)CCCNC1CCOc2c(Cl)cc(Cl)cc21. The number of ether oxygens (including phenoxy) is 1. The molecule has 1 aromatic carbocycles. The van der Waals surface area contributed by atoms with E-state index in [1.807, 2.05) is 0 Å². The Bertz CT molecular complexity index is 479. The number of halogens is 5. The smallest absolute Gasteiger partial charge is 0.389 e. The lowest BCUT2D eigenvalue weighted by Crippen LogP contribution is -2.28. The van der Waals surface area contributed by atoms with Gasteiger partial charge in [0.1, 0.15) is 5.75 Å². The van der Waals surface area contributed by atoms with Gasteiger partial charge in [0.2, 0.25) is 0 Å². The molecule has 0 saturated heterocycles. The van der Waals surface area contributed by atoms with Crippen molar-refractivity contribution >= 4 is 23.2 Å². The van der Waals surface area contributed by atoms with E-state index in [4.69, 9.17) is 27.9 Å². The van der Waals surface area contributed by atoms with Crippen LogP contribution >= 0.6 is 23.2 Å². The lowest BCUT2D eigenvalue weighted by atomic mass is 10.0. The Morgan fingerprint density at radius 2 is 2.05 bits per heavy atom. The summed E-state index contributed by atoms with van der Waals surface area (Å²) in [5.74, 6) is 0.565. The summed E-state index contributed by atoms with van der Waals surface area (Å²) in [4.78, 5) is 0. The van der Waals surface area contributed by atoms with Crippen LogP contribution in [0.5, 0.6) is 5.75 Å². The first kappa shape index (κ1) is 15.7. The maximum absolute atomic E-state index is 12.1. The molecule has 0 aliphatic carbocycles. The van der Waals surface area contributed by atoms with E-state index in [-0.39, 0.29) is 19.0 Å². The van der Waals surface area contributed by atoms with Crippen LogP contribution in [0, 0.1) is 0 Å². The minimum Gasteiger partial charge on any atom is -0.492 e. The molecule has 0 fully saturated rings. The van der Waals surface area contributed by atoms with E-state index < -0.39 is 12.6 Å². The number of hydrogen-bond acceptors (Lipinski definition) is 2. The van der Waals surface area contributed by atoms with Gasteiger partial charge in [-0.2, -0.15) is 13.2 Å². The van der Waals surface area contributed by atoms with Crippen molar-refractivity contribution in [2.75, 3.05) is 13.2 Å². The number of nitrogens with one attached hydrogen (secondary N) is 1. The summed E-state index contributed by atoms with van der Waals surface area (Å²) in [6.07, 6.45) is -4.17. The van der Waals surface area contributed by atoms with Gasteiger partial charge in [0.05, 0.1) is 11.6 Å². The number of benzene rings is 1. The second-order valence-corrected chi connectivity index (χ2v) is 5.51. The molecule has 0 bridgehead atoms. The molecular formula is C13H14Cl2F3NO. The maximum Gasteiger partial charge on any atom is 0.389 e. The second kappa shape index (κ2) is 6.41. The third-order valence-corrected chi connectivity index (χ3v) is 3.59. The fourth-order valence-corrected chi connectivity index (χ4v) is 2.77. The lowest BCUT2D eigenvalue weighted by Gasteiger charge is -2.27. The molecule has 0 aromatic heterocycles. The fourth-order valence-electron chi connectivity index (χ4n) is 2.20. The van der Waals surface area contributed by atoms with Gasteiger partial charge < -0.3 is 10.1 Å². The Morgan fingerprint density at radius 3 is 2.75 bits per heavy atom. The van der Waals surface area contributed by atoms with Crippen LogP contribution in [0.4, 0.5) is 13.2 Å². The zero-order valence-electron chi connectivity index (χ0n) is 10.6. The summed E-state index contributed by atoms with van der Waals surface area (Å²) in [5.41, 5.74) is 0.806. The highest BCUT2D eigenvalue weighted by Crippen LogP contribution is 2.39. The average molecular weight is 328 g/mol. The van der Waals surface area contributed by atoms with E-state index in [9.17, 15) is 13.2 Å². The van der Waals surface area contributed by atoms with E-state index in [0.717, 1.165) is 5.56 Å². The number of alkyl halides is 3. The predicted octanol–water partition coefficient (Wildman–Crippen LogP) is 4.75. The Hall–Kier alpha value is -0.650. The number of rotatable bonds is 4. The quantitative estimate of drug-likeness (QED) is 0.806. The number of hydrogen-bond donors (Lipinski definition) is 1. The molecule has 7 heteroatoms. The van der Waals surface area contributed by atoms with Crippen LogP contribution in [0.15, 0.2) is 12.1 Å². The Balaban J connectivity index is 1.98. The van der Waals surface area contributed by atoms with Gasteiger partial charge in [0.25, 0.3) is 0 Å². The van der Waals surface area contributed by atoms with Crippen molar-refractivity contribution in [2.24, 2.45) is 0 Å². The molecule has 0 radical (unpaired) electrons. The molecule has 112 valence electrons. The van der Waals surface area contributed by atoms with Crippen molar-refractivity contribution in [1.82, 2.24) is 5.32 Å². The zero-order chi connectivity index (χ0) is 14.8. The molecule has 1 aliphatic rings. The van der Waals surface area contributed by atoms with Crippen LogP contribution in [-0.2, 0) is 0 Å². The van der Waals surface area contributed by atoms with Crippen LogP contribution in [0.2, 0.25) is 10.0 Å². The minimum absolute atomic E-state index is 0.0461. The highest BCUT2D eigenvalue weighted by Gasteiger charge is 2.27. The van der Waals surface area contributed by atoms with Gasteiger partial charge in [-0.05, 0) is 25.1 Å². The summed E-state index contributed by atoms with van der Waals surface area (Å²) in [6, 6.07) is 3.25.